The quantitative estimate of drug-likeness (QED) is 0.890. The molecule has 24 heavy (non-hydrogen) atoms. The molecule has 1 fully saturated rings. The first-order chi connectivity index (χ1) is 11.3. The van der Waals surface area contributed by atoms with Crippen molar-refractivity contribution in [1.29, 1.82) is 0 Å². The van der Waals surface area contributed by atoms with Gasteiger partial charge in [-0.25, -0.2) is 9.67 Å². The number of β-amino-alcohol motifs (C(OH)–C–C–N with tert-alkyl or cyclic N) is 1. The summed E-state index contributed by atoms with van der Waals surface area (Å²) in [4.78, 5) is 18.4. The highest BCUT2D eigenvalue weighted by atomic mass is 32.1. The average molecular weight is 348 g/mol. The summed E-state index contributed by atoms with van der Waals surface area (Å²) in [6.45, 7) is 9.24. The van der Waals surface area contributed by atoms with Crippen LogP contribution >= 0.6 is 11.3 Å². The Hall–Kier alpha value is -1.57. The van der Waals surface area contributed by atoms with E-state index in [4.69, 9.17) is 0 Å². The van der Waals surface area contributed by atoms with Crippen molar-refractivity contribution in [3.05, 3.63) is 44.8 Å². The minimum atomic E-state index is -0.540. The lowest BCUT2D eigenvalue weighted by atomic mass is 9.92. The zero-order chi connectivity index (χ0) is 17.3. The van der Waals surface area contributed by atoms with Gasteiger partial charge in [0.1, 0.15) is 6.10 Å². The van der Waals surface area contributed by atoms with Gasteiger partial charge in [0.15, 0.2) is 0 Å². The number of aromatic nitrogens is 3. The zero-order valence-electron chi connectivity index (χ0n) is 14.3. The Kier molecular flexibility index (Phi) is 4.85. The summed E-state index contributed by atoms with van der Waals surface area (Å²) < 4.78 is 1.58. The number of rotatable bonds is 5. The molecular weight excluding hydrogens is 324 g/mol. The third-order valence-corrected chi connectivity index (χ3v) is 4.93. The number of aliphatic hydroxyl groups is 1. The predicted molar refractivity (Wildman–Crippen MR) is 94.2 cm³/mol. The van der Waals surface area contributed by atoms with E-state index in [0.29, 0.717) is 19.0 Å². The van der Waals surface area contributed by atoms with Crippen LogP contribution in [0.2, 0.25) is 0 Å². The van der Waals surface area contributed by atoms with E-state index in [1.807, 2.05) is 11.4 Å². The zero-order valence-corrected chi connectivity index (χ0v) is 15.2. The summed E-state index contributed by atoms with van der Waals surface area (Å²) in [5.74, 6) is 0.396. The second kappa shape index (κ2) is 6.74. The van der Waals surface area contributed by atoms with E-state index in [9.17, 15) is 9.90 Å². The SMILES string of the molecule is CC(C)(C)c1ccc(=O)n(CC2CN(CC(O)c3cscn3)C2)n1. The van der Waals surface area contributed by atoms with E-state index in [1.165, 1.54) is 11.3 Å². The highest BCUT2D eigenvalue weighted by molar-refractivity contribution is 7.07. The topological polar surface area (TPSA) is 71.2 Å². The van der Waals surface area contributed by atoms with E-state index in [-0.39, 0.29) is 11.0 Å². The number of hydrogen-bond donors (Lipinski definition) is 1. The van der Waals surface area contributed by atoms with Crippen molar-refractivity contribution in [2.24, 2.45) is 5.92 Å². The first-order valence-corrected chi connectivity index (χ1v) is 9.14. The number of nitrogens with zero attached hydrogens (tertiary/aromatic N) is 4. The molecule has 1 unspecified atom stereocenters. The van der Waals surface area contributed by atoms with Crippen molar-refractivity contribution < 1.29 is 5.11 Å². The Balaban J connectivity index is 1.55. The van der Waals surface area contributed by atoms with E-state index in [2.05, 4.69) is 35.8 Å². The smallest absolute Gasteiger partial charge is 0.266 e. The number of thiazole rings is 1. The van der Waals surface area contributed by atoms with Crippen LogP contribution in [0, 0.1) is 5.92 Å². The van der Waals surface area contributed by atoms with Crippen molar-refractivity contribution in [3.63, 3.8) is 0 Å². The van der Waals surface area contributed by atoms with Crippen molar-refractivity contribution in [2.75, 3.05) is 19.6 Å². The third-order valence-electron chi connectivity index (χ3n) is 4.32. The molecule has 0 aromatic carbocycles. The summed E-state index contributed by atoms with van der Waals surface area (Å²) in [7, 11) is 0. The van der Waals surface area contributed by atoms with Crippen LogP contribution in [-0.2, 0) is 12.0 Å². The number of aliphatic hydroxyl groups excluding tert-OH is 1. The van der Waals surface area contributed by atoms with Crippen molar-refractivity contribution in [3.8, 4) is 0 Å². The summed E-state index contributed by atoms with van der Waals surface area (Å²) in [6.07, 6.45) is -0.540. The molecule has 2 aromatic heterocycles. The van der Waals surface area contributed by atoms with Gasteiger partial charge in [0, 0.05) is 42.4 Å². The first-order valence-electron chi connectivity index (χ1n) is 8.20. The fourth-order valence-corrected chi connectivity index (χ4v) is 3.49. The van der Waals surface area contributed by atoms with E-state index >= 15 is 0 Å². The maximum Gasteiger partial charge on any atom is 0.266 e. The predicted octanol–water partition coefficient (Wildman–Crippen LogP) is 1.66. The van der Waals surface area contributed by atoms with Crippen molar-refractivity contribution >= 4 is 11.3 Å². The molecule has 0 spiro atoms. The largest absolute Gasteiger partial charge is 0.385 e. The van der Waals surface area contributed by atoms with E-state index in [0.717, 1.165) is 24.5 Å². The van der Waals surface area contributed by atoms with Crippen LogP contribution in [0.5, 0.6) is 0 Å². The van der Waals surface area contributed by atoms with Crippen LogP contribution in [-0.4, -0.2) is 44.4 Å². The van der Waals surface area contributed by atoms with Gasteiger partial charge in [-0.15, -0.1) is 11.3 Å². The van der Waals surface area contributed by atoms with E-state index in [1.54, 1.807) is 16.3 Å². The van der Waals surface area contributed by atoms with E-state index < -0.39 is 6.10 Å². The van der Waals surface area contributed by atoms with Gasteiger partial charge in [0.05, 0.1) is 23.4 Å². The van der Waals surface area contributed by atoms with Crippen molar-refractivity contribution in [1.82, 2.24) is 19.7 Å². The molecule has 0 amide bonds. The standard InChI is InChI=1S/C17H24N4O2S/c1-17(2,3)15-4-5-16(23)21(19-15)8-12-6-20(7-12)9-14(22)13-10-24-11-18-13/h4-5,10-12,14,22H,6-9H2,1-3H3. The molecule has 2 aromatic rings. The molecule has 0 aliphatic carbocycles. The molecular formula is C17H24N4O2S. The van der Waals surface area contributed by atoms with Gasteiger partial charge in [-0.1, -0.05) is 20.8 Å². The summed E-state index contributed by atoms with van der Waals surface area (Å²) in [6, 6.07) is 3.42. The summed E-state index contributed by atoms with van der Waals surface area (Å²) >= 11 is 1.49. The summed E-state index contributed by atoms with van der Waals surface area (Å²) in [5, 5.41) is 16.5. The summed E-state index contributed by atoms with van der Waals surface area (Å²) in [5.41, 5.74) is 3.27. The Bertz CT molecular complexity index is 730. The van der Waals surface area contributed by atoms with Gasteiger partial charge in [-0.3, -0.25) is 9.69 Å². The first kappa shape index (κ1) is 17.3. The monoisotopic (exact) mass is 348 g/mol. The van der Waals surface area contributed by atoms with Crippen LogP contribution in [0.15, 0.2) is 27.8 Å². The molecule has 0 saturated carbocycles. The second-order valence-electron chi connectivity index (χ2n) is 7.50. The number of likely N-dealkylation sites (tertiary alicyclic amines) is 1. The van der Waals surface area contributed by atoms with Crippen LogP contribution in [0.25, 0.3) is 0 Å². The Morgan fingerprint density at radius 1 is 1.38 bits per heavy atom. The lowest BCUT2D eigenvalue weighted by Gasteiger charge is -2.40. The van der Waals surface area contributed by atoms with Gasteiger partial charge in [-0.05, 0) is 6.07 Å². The van der Waals surface area contributed by atoms with Crippen LogP contribution in [0.3, 0.4) is 0 Å². The highest BCUT2D eigenvalue weighted by Gasteiger charge is 2.30. The minimum Gasteiger partial charge on any atom is -0.385 e. The lowest BCUT2D eigenvalue weighted by Crippen LogP contribution is -2.50. The van der Waals surface area contributed by atoms with Gasteiger partial charge >= 0.3 is 0 Å². The maximum atomic E-state index is 12.0. The Morgan fingerprint density at radius 2 is 2.12 bits per heavy atom. The molecule has 130 valence electrons. The molecule has 3 heterocycles. The molecule has 1 atom stereocenters. The fourth-order valence-electron chi connectivity index (χ4n) is 2.89. The molecule has 0 radical (unpaired) electrons. The minimum absolute atomic E-state index is 0.0519. The molecule has 3 rings (SSSR count). The van der Waals surface area contributed by atoms with Gasteiger partial charge < -0.3 is 5.11 Å². The van der Waals surface area contributed by atoms with Crippen LogP contribution in [0.1, 0.15) is 38.3 Å². The number of hydrogen-bond acceptors (Lipinski definition) is 6. The fraction of sp³-hybridized carbons (Fsp3) is 0.588. The molecule has 1 N–H and O–H groups in total. The van der Waals surface area contributed by atoms with Gasteiger partial charge in [0.25, 0.3) is 5.56 Å². The third kappa shape index (κ3) is 3.91. The van der Waals surface area contributed by atoms with Gasteiger partial charge in [-0.2, -0.15) is 5.10 Å². The molecule has 1 aliphatic heterocycles. The normalized spacial score (nSPS) is 17.7. The van der Waals surface area contributed by atoms with Crippen molar-refractivity contribution in [2.45, 2.75) is 38.8 Å². The second-order valence-corrected chi connectivity index (χ2v) is 8.22. The maximum absolute atomic E-state index is 12.0. The molecule has 1 saturated heterocycles. The Morgan fingerprint density at radius 3 is 2.75 bits per heavy atom. The molecule has 6 nitrogen and oxygen atoms in total. The highest BCUT2D eigenvalue weighted by Crippen LogP contribution is 2.22. The van der Waals surface area contributed by atoms with Crippen LogP contribution in [0.4, 0.5) is 0 Å². The Labute approximate surface area is 145 Å². The molecule has 1 aliphatic rings. The van der Waals surface area contributed by atoms with Gasteiger partial charge in [0.2, 0.25) is 0 Å². The molecule has 7 heteroatoms. The average Bonchev–Trinajstić information content (AvgIpc) is 2.99. The lowest BCUT2D eigenvalue weighted by molar-refractivity contribution is 0.0299. The molecule has 0 bridgehead atoms. The van der Waals surface area contributed by atoms with Crippen LogP contribution < -0.4 is 5.56 Å².